The quantitative estimate of drug-likeness (QED) is 0.613. The van der Waals surface area contributed by atoms with Crippen LogP contribution in [0.15, 0.2) is 16.3 Å². The molecule has 0 amide bonds. The van der Waals surface area contributed by atoms with Gasteiger partial charge in [-0.05, 0) is 18.0 Å². The smallest absolute Gasteiger partial charge is 0.0463 e. The molecule has 16 heavy (non-hydrogen) atoms. The summed E-state index contributed by atoms with van der Waals surface area (Å²) in [6, 6.07) is 0. The second-order valence-electron chi connectivity index (χ2n) is 6.84. The summed E-state index contributed by atoms with van der Waals surface area (Å²) < 4.78 is 0. The molecule has 0 radical (unpaired) electrons. The highest BCUT2D eigenvalue weighted by Crippen LogP contribution is 2.38. The molecule has 0 saturated heterocycles. The predicted molar refractivity (Wildman–Crippen MR) is 71.9 cm³/mol. The molecule has 2 nitrogen and oxygen atoms in total. The number of aliphatic imine (C=N–C) groups is 1. The van der Waals surface area contributed by atoms with Gasteiger partial charge in [-0.15, -0.1) is 0 Å². The molecular weight excluding hydrogens is 196 g/mol. The fourth-order valence-corrected chi connectivity index (χ4v) is 2.00. The molecule has 1 aliphatic heterocycles. The third kappa shape index (κ3) is 3.18. The lowest BCUT2D eigenvalue weighted by Crippen LogP contribution is -2.28. The summed E-state index contributed by atoms with van der Waals surface area (Å²) in [5.41, 5.74) is 3.06. The van der Waals surface area contributed by atoms with Crippen molar-refractivity contribution in [2.45, 2.75) is 41.5 Å². The molecule has 0 aliphatic carbocycles. The Hall–Kier alpha value is -0.630. The predicted octanol–water partition coefficient (Wildman–Crippen LogP) is 3.35. The van der Waals surface area contributed by atoms with Crippen LogP contribution in [-0.4, -0.2) is 31.3 Å². The first-order chi connectivity index (χ1) is 7.12. The average Bonchev–Trinajstić information content (AvgIpc) is 2.23. The van der Waals surface area contributed by atoms with Gasteiger partial charge in [-0.2, -0.15) is 0 Å². The van der Waals surface area contributed by atoms with Crippen LogP contribution in [0.3, 0.4) is 0 Å². The summed E-state index contributed by atoms with van der Waals surface area (Å²) in [6.45, 7) is 15.5. The standard InChI is InChI=1S/C14H26N2/c1-13(2,3)11-10-16(7)9-8-15-12(11)14(4,5)6/h8H,9-10H2,1-7H3. The van der Waals surface area contributed by atoms with Gasteiger partial charge in [0, 0.05) is 30.4 Å². The summed E-state index contributed by atoms with van der Waals surface area (Å²) in [6.07, 6.45) is 2.04. The zero-order valence-corrected chi connectivity index (χ0v) is 11.9. The molecule has 0 N–H and O–H groups in total. The third-order valence-corrected chi connectivity index (χ3v) is 2.94. The SMILES string of the molecule is CN1CC=NC(C(C)(C)C)=C(C(C)(C)C)C1. The van der Waals surface area contributed by atoms with E-state index in [1.807, 2.05) is 6.21 Å². The van der Waals surface area contributed by atoms with Crippen molar-refractivity contribution >= 4 is 6.21 Å². The highest BCUT2D eigenvalue weighted by molar-refractivity contribution is 5.63. The number of hydrogen-bond acceptors (Lipinski definition) is 2. The molecule has 0 aromatic carbocycles. The van der Waals surface area contributed by atoms with E-state index in [1.165, 1.54) is 11.3 Å². The molecule has 1 rings (SSSR count). The van der Waals surface area contributed by atoms with Crippen molar-refractivity contribution in [1.82, 2.24) is 4.90 Å². The third-order valence-electron chi connectivity index (χ3n) is 2.94. The van der Waals surface area contributed by atoms with Crippen molar-refractivity contribution in [2.75, 3.05) is 20.1 Å². The van der Waals surface area contributed by atoms with Gasteiger partial charge in [0.1, 0.15) is 0 Å². The van der Waals surface area contributed by atoms with Crippen LogP contribution in [0.5, 0.6) is 0 Å². The second kappa shape index (κ2) is 4.33. The van der Waals surface area contributed by atoms with E-state index in [0.717, 1.165) is 13.1 Å². The monoisotopic (exact) mass is 222 g/mol. The Labute approximate surface area is 100 Å². The number of rotatable bonds is 0. The number of nitrogens with zero attached hydrogens (tertiary/aromatic N) is 2. The summed E-state index contributed by atoms with van der Waals surface area (Å²) >= 11 is 0. The minimum atomic E-state index is 0.129. The molecule has 2 heteroatoms. The molecule has 0 spiro atoms. The number of allylic oxidation sites excluding steroid dienone is 1. The Morgan fingerprint density at radius 3 is 2.06 bits per heavy atom. The first-order valence-electron chi connectivity index (χ1n) is 6.07. The van der Waals surface area contributed by atoms with Crippen LogP contribution in [0.4, 0.5) is 0 Å². The molecule has 0 atom stereocenters. The van der Waals surface area contributed by atoms with Gasteiger partial charge >= 0.3 is 0 Å². The maximum Gasteiger partial charge on any atom is 0.0463 e. The summed E-state index contributed by atoms with van der Waals surface area (Å²) in [4.78, 5) is 7.03. The molecule has 0 aromatic heterocycles. The molecule has 0 aromatic rings. The van der Waals surface area contributed by atoms with Crippen molar-refractivity contribution in [2.24, 2.45) is 15.8 Å². The van der Waals surface area contributed by atoms with Crippen molar-refractivity contribution in [3.63, 3.8) is 0 Å². The van der Waals surface area contributed by atoms with Crippen LogP contribution >= 0.6 is 0 Å². The first-order valence-corrected chi connectivity index (χ1v) is 6.07. The molecule has 1 aliphatic rings. The van der Waals surface area contributed by atoms with Crippen molar-refractivity contribution in [3.05, 3.63) is 11.3 Å². The van der Waals surface area contributed by atoms with E-state index in [1.54, 1.807) is 0 Å². The van der Waals surface area contributed by atoms with Gasteiger partial charge in [0.2, 0.25) is 0 Å². The van der Waals surface area contributed by atoms with Gasteiger partial charge < -0.3 is 0 Å². The van der Waals surface area contributed by atoms with E-state index in [-0.39, 0.29) is 10.8 Å². The zero-order chi connectivity index (χ0) is 12.6. The van der Waals surface area contributed by atoms with Crippen LogP contribution in [0.2, 0.25) is 0 Å². The normalized spacial score (nSPS) is 20.2. The lowest BCUT2D eigenvalue weighted by molar-refractivity contribution is 0.357. The van der Waals surface area contributed by atoms with E-state index in [4.69, 9.17) is 4.99 Å². The van der Waals surface area contributed by atoms with Gasteiger partial charge in [-0.1, -0.05) is 41.5 Å². The van der Waals surface area contributed by atoms with Gasteiger partial charge in [-0.3, -0.25) is 9.89 Å². The van der Waals surface area contributed by atoms with Crippen LogP contribution in [0, 0.1) is 10.8 Å². The van der Waals surface area contributed by atoms with Gasteiger partial charge in [0.25, 0.3) is 0 Å². The van der Waals surface area contributed by atoms with Crippen LogP contribution in [-0.2, 0) is 0 Å². The van der Waals surface area contributed by atoms with E-state index in [9.17, 15) is 0 Å². The zero-order valence-electron chi connectivity index (χ0n) is 11.9. The highest BCUT2D eigenvalue weighted by atomic mass is 15.1. The summed E-state index contributed by atoms with van der Waals surface area (Å²) in [5.74, 6) is 0. The average molecular weight is 222 g/mol. The Bertz CT molecular complexity index is 311. The fourth-order valence-electron chi connectivity index (χ4n) is 2.00. The fraction of sp³-hybridized carbons (Fsp3) is 0.786. The highest BCUT2D eigenvalue weighted by Gasteiger charge is 2.29. The summed E-state index contributed by atoms with van der Waals surface area (Å²) in [5, 5.41) is 0. The lowest BCUT2D eigenvalue weighted by atomic mass is 9.78. The molecule has 0 fully saturated rings. The number of likely N-dealkylation sites (N-methyl/N-ethyl adjacent to an activating group) is 1. The molecule has 92 valence electrons. The molecule has 1 heterocycles. The minimum Gasteiger partial charge on any atom is -0.297 e. The molecular formula is C14H26N2. The van der Waals surface area contributed by atoms with Gasteiger partial charge in [0.15, 0.2) is 0 Å². The van der Waals surface area contributed by atoms with E-state index < -0.39 is 0 Å². The lowest BCUT2D eigenvalue weighted by Gasteiger charge is -2.31. The largest absolute Gasteiger partial charge is 0.297 e. The van der Waals surface area contributed by atoms with Crippen molar-refractivity contribution in [1.29, 1.82) is 0 Å². The Balaban J connectivity index is 3.27. The second-order valence-corrected chi connectivity index (χ2v) is 6.84. The topological polar surface area (TPSA) is 15.6 Å². The Morgan fingerprint density at radius 2 is 1.62 bits per heavy atom. The maximum absolute atomic E-state index is 4.71. The van der Waals surface area contributed by atoms with E-state index in [2.05, 4.69) is 53.5 Å². The molecule has 0 saturated carbocycles. The Morgan fingerprint density at radius 1 is 1.06 bits per heavy atom. The van der Waals surface area contributed by atoms with Gasteiger partial charge in [-0.25, -0.2) is 0 Å². The molecule has 0 bridgehead atoms. The van der Waals surface area contributed by atoms with Crippen LogP contribution in [0.1, 0.15) is 41.5 Å². The maximum atomic E-state index is 4.71. The van der Waals surface area contributed by atoms with Gasteiger partial charge in [0.05, 0.1) is 0 Å². The van der Waals surface area contributed by atoms with Crippen molar-refractivity contribution < 1.29 is 0 Å². The van der Waals surface area contributed by atoms with Crippen LogP contribution in [0.25, 0.3) is 0 Å². The van der Waals surface area contributed by atoms with E-state index >= 15 is 0 Å². The van der Waals surface area contributed by atoms with E-state index in [0.29, 0.717) is 0 Å². The number of hydrogen-bond donors (Lipinski definition) is 0. The first kappa shape index (κ1) is 13.4. The Kier molecular flexibility index (Phi) is 3.63. The minimum absolute atomic E-state index is 0.129. The molecule has 0 unspecified atom stereocenters. The van der Waals surface area contributed by atoms with Crippen molar-refractivity contribution in [3.8, 4) is 0 Å². The van der Waals surface area contributed by atoms with Crippen LogP contribution < -0.4 is 0 Å². The summed E-state index contributed by atoms with van der Waals surface area (Å²) in [7, 11) is 2.16.